The summed E-state index contributed by atoms with van der Waals surface area (Å²) < 4.78 is 6.49. The van der Waals surface area contributed by atoms with E-state index in [-0.39, 0.29) is 0 Å². The maximum absolute atomic E-state index is 6.49. The third-order valence-corrected chi connectivity index (χ3v) is 5.56. The topological polar surface area (TPSA) is 21.3 Å². The molecule has 2 nitrogen and oxygen atoms in total. The molecule has 0 saturated heterocycles. The molecule has 2 aliphatic rings. The average Bonchev–Trinajstić information content (AvgIpc) is 3.04. The number of ether oxygens (including phenoxy) is 1. The third kappa shape index (κ3) is 1.87. The van der Waals surface area contributed by atoms with Gasteiger partial charge in [0.1, 0.15) is 5.75 Å². The van der Waals surface area contributed by atoms with Crippen LogP contribution in [0, 0.1) is 0 Å². The predicted molar refractivity (Wildman–Crippen MR) is 108 cm³/mol. The molecule has 2 aliphatic heterocycles. The molecule has 0 aromatic heterocycles. The quantitative estimate of drug-likeness (QED) is 0.412. The third-order valence-electron chi connectivity index (χ3n) is 5.56. The van der Waals surface area contributed by atoms with Gasteiger partial charge < -0.3 is 10.1 Å². The van der Waals surface area contributed by atoms with E-state index in [1.54, 1.807) is 0 Å². The molecule has 124 valence electrons. The van der Waals surface area contributed by atoms with Crippen molar-refractivity contribution in [3.63, 3.8) is 0 Å². The van der Waals surface area contributed by atoms with Crippen molar-refractivity contribution in [3.05, 3.63) is 90.0 Å². The first-order chi connectivity index (χ1) is 12.8. The molecule has 2 heterocycles. The minimum atomic E-state index is -0.471. The molecule has 1 N–H and O–H groups in total. The van der Waals surface area contributed by atoms with Gasteiger partial charge in [-0.25, -0.2) is 0 Å². The molecule has 4 aromatic carbocycles. The zero-order valence-electron chi connectivity index (χ0n) is 14.2. The van der Waals surface area contributed by atoms with Crippen LogP contribution in [0.2, 0.25) is 0 Å². The molecule has 1 spiro atoms. The van der Waals surface area contributed by atoms with Gasteiger partial charge in [-0.2, -0.15) is 0 Å². The van der Waals surface area contributed by atoms with Crippen LogP contribution >= 0.6 is 0 Å². The van der Waals surface area contributed by atoms with Crippen LogP contribution in [0.4, 0.5) is 5.69 Å². The van der Waals surface area contributed by atoms with E-state index in [9.17, 15) is 0 Å². The van der Waals surface area contributed by atoms with Crippen molar-refractivity contribution in [2.75, 3.05) is 5.32 Å². The monoisotopic (exact) mass is 335 g/mol. The minimum Gasteiger partial charge on any atom is -0.464 e. The van der Waals surface area contributed by atoms with Crippen LogP contribution in [0.5, 0.6) is 5.75 Å². The lowest BCUT2D eigenvalue weighted by Crippen LogP contribution is -2.41. The highest BCUT2D eigenvalue weighted by Gasteiger charge is 2.39. The molecule has 0 fully saturated rings. The lowest BCUT2D eigenvalue weighted by Gasteiger charge is -2.32. The van der Waals surface area contributed by atoms with Crippen molar-refractivity contribution in [2.45, 2.75) is 12.1 Å². The lowest BCUT2D eigenvalue weighted by molar-refractivity contribution is 0.156. The number of para-hydroxylation sites is 1. The molecule has 0 amide bonds. The van der Waals surface area contributed by atoms with Crippen molar-refractivity contribution in [1.29, 1.82) is 0 Å². The molecule has 0 saturated carbocycles. The summed E-state index contributed by atoms with van der Waals surface area (Å²) in [5, 5.41) is 8.62. The summed E-state index contributed by atoms with van der Waals surface area (Å²) in [7, 11) is 0. The summed E-state index contributed by atoms with van der Waals surface area (Å²) in [5.41, 5.74) is 3.15. The first-order valence-corrected chi connectivity index (χ1v) is 9.00. The SMILES string of the molecule is C1=CC2(Cc3ccccc3N2)Oc2ccc3c(ccc4ccccc43)c21. The Labute approximate surface area is 151 Å². The van der Waals surface area contributed by atoms with Gasteiger partial charge in [0, 0.05) is 17.7 Å². The van der Waals surface area contributed by atoms with Gasteiger partial charge >= 0.3 is 0 Å². The second-order valence-corrected chi connectivity index (χ2v) is 7.14. The average molecular weight is 335 g/mol. The van der Waals surface area contributed by atoms with E-state index in [4.69, 9.17) is 4.74 Å². The molecule has 6 rings (SSSR count). The Morgan fingerprint density at radius 3 is 2.58 bits per heavy atom. The summed E-state index contributed by atoms with van der Waals surface area (Å²) in [6.07, 6.45) is 5.23. The van der Waals surface area contributed by atoms with Crippen LogP contribution in [0.15, 0.2) is 78.9 Å². The molecule has 4 aromatic rings. The second-order valence-electron chi connectivity index (χ2n) is 7.14. The summed E-state index contributed by atoms with van der Waals surface area (Å²) in [6, 6.07) is 25.7. The normalized spacial score (nSPS) is 20.0. The standard InChI is InChI=1S/C24H17NO/c1-3-7-18-16(5-1)9-10-20-19(18)11-12-23-21(20)13-14-24(26-23)15-17-6-2-4-8-22(17)25-24/h1-14,25H,15H2. The molecule has 0 radical (unpaired) electrons. The van der Waals surface area contributed by atoms with Gasteiger partial charge in [0.05, 0.1) is 0 Å². The first-order valence-electron chi connectivity index (χ1n) is 9.00. The van der Waals surface area contributed by atoms with E-state index in [2.05, 4.69) is 90.3 Å². The van der Waals surface area contributed by atoms with Crippen LogP contribution in [0.25, 0.3) is 27.6 Å². The van der Waals surface area contributed by atoms with Crippen LogP contribution in [0.3, 0.4) is 0 Å². The molecule has 1 unspecified atom stereocenters. The maximum Gasteiger partial charge on any atom is 0.204 e. The van der Waals surface area contributed by atoms with E-state index in [1.165, 1.54) is 27.1 Å². The van der Waals surface area contributed by atoms with Gasteiger partial charge in [0.25, 0.3) is 0 Å². The van der Waals surface area contributed by atoms with Crippen molar-refractivity contribution in [3.8, 4) is 5.75 Å². The van der Waals surface area contributed by atoms with Crippen LogP contribution in [0.1, 0.15) is 11.1 Å². The maximum atomic E-state index is 6.49. The Morgan fingerprint density at radius 2 is 1.62 bits per heavy atom. The summed E-state index contributed by atoms with van der Waals surface area (Å²) in [5.74, 6) is 0.940. The van der Waals surface area contributed by atoms with E-state index >= 15 is 0 Å². The Hall–Kier alpha value is -3.26. The van der Waals surface area contributed by atoms with Gasteiger partial charge in [-0.05, 0) is 51.4 Å². The number of hydrogen-bond acceptors (Lipinski definition) is 2. The van der Waals surface area contributed by atoms with Gasteiger partial charge in [-0.3, -0.25) is 0 Å². The Bertz CT molecular complexity index is 1200. The van der Waals surface area contributed by atoms with Gasteiger partial charge in [-0.15, -0.1) is 0 Å². The minimum absolute atomic E-state index is 0.471. The number of fused-ring (bicyclic) bond motifs is 6. The molecular weight excluding hydrogens is 318 g/mol. The highest BCUT2D eigenvalue weighted by atomic mass is 16.5. The number of benzene rings is 4. The van der Waals surface area contributed by atoms with Crippen LogP contribution in [-0.4, -0.2) is 5.72 Å². The molecule has 0 aliphatic carbocycles. The number of hydrogen-bond donors (Lipinski definition) is 1. The van der Waals surface area contributed by atoms with E-state index in [0.717, 1.165) is 23.4 Å². The van der Waals surface area contributed by atoms with E-state index in [1.807, 2.05) is 0 Å². The zero-order valence-corrected chi connectivity index (χ0v) is 14.2. The van der Waals surface area contributed by atoms with Crippen molar-refractivity contribution >= 4 is 33.3 Å². The smallest absolute Gasteiger partial charge is 0.204 e. The molecule has 26 heavy (non-hydrogen) atoms. The predicted octanol–water partition coefficient (Wildman–Crippen LogP) is 5.76. The summed E-state index contributed by atoms with van der Waals surface area (Å²) in [4.78, 5) is 0. The Kier molecular flexibility index (Phi) is 2.63. The van der Waals surface area contributed by atoms with Crippen molar-refractivity contribution < 1.29 is 4.74 Å². The molecule has 2 heteroatoms. The van der Waals surface area contributed by atoms with Gasteiger partial charge in [-0.1, -0.05) is 60.7 Å². The largest absolute Gasteiger partial charge is 0.464 e. The first kappa shape index (κ1) is 14.0. The second kappa shape index (κ2) is 4.89. The summed E-state index contributed by atoms with van der Waals surface area (Å²) >= 11 is 0. The van der Waals surface area contributed by atoms with Crippen molar-refractivity contribution in [2.24, 2.45) is 0 Å². The van der Waals surface area contributed by atoms with E-state index < -0.39 is 5.72 Å². The van der Waals surface area contributed by atoms with Crippen molar-refractivity contribution in [1.82, 2.24) is 0 Å². The fraction of sp³-hybridized carbons (Fsp3) is 0.0833. The number of nitrogens with one attached hydrogen (secondary N) is 1. The molecular formula is C24H17NO. The Balaban J connectivity index is 1.50. The highest BCUT2D eigenvalue weighted by Crippen LogP contribution is 2.42. The highest BCUT2D eigenvalue weighted by molar-refractivity contribution is 6.10. The van der Waals surface area contributed by atoms with Crippen LogP contribution < -0.4 is 10.1 Å². The molecule has 0 bridgehead atoms. The zero-order chi connectivity index (χ0) is 17.1. The van der Waals surface area contributed by atoms with Crippen LogP contribution in [-0.2, 0) is 6.42 Å². The number of rotatable bonds is 0. The fourth-order valence-electron chi connectivity index (χ4n) is 4.31. The molecule has 1 atom stereocenters. The van der Waals surface area contributed by atoms with Gasteiger partial charge in [0.15, 0.2) is 0 Å². The Morgan fingerprint density at radius 1 is 0.769 bits per heavy atom. The summed E-state index contributed by atoms with van der Waals surface area (Å²) in [6.45, 7) is 0. The number of anilines is 1. The van der Waals surface area contributed by atoms with Gasteiger partial charge in [0.2, 0.25) is 5.72 Å². The fourth-order valence-corrected chi connectivity index (χ4v) is 4.31. The van der Waals surface area contributed by atoms with E-state index in [0.29, 0.717) is 0 Å². The lowest BCUT2D eigenvalue weighted by atomic mass is 9.95.